The van der Waals surface area contributed by atoms with E-state index in [0.717, 1.165) is 44.8 Å². The van der Waals surface area contributed by atoms with Gasteiger partial charge in [-0.2, -0.15) is 5.10 Å². The molecule has 26 heavy (non-hydrogen) atoms. The summed E-state index contributed by atoms with van der Waals surface area (Å²) in [6.07, 6.45) is 5.96. The van der Waals surface area contributed by atoms with Crippen molar-refractivity contribution in [2.24, 2.45) is 0 Å². The third-order valence-electron chi connectivity index (χ3n) is 5.03. The summed E-state index contributed by atoms with van der Waals surface area (Å²) >= 11 is 0. The second-order valence-electron chi connectivity index (χ2n) is 7.35. The molecule has 1 atom stereocenters. The van der Waals surface area contributed by atoms with E-state index in [4.69, 9.17) is 5.10 Å². The predicted octanol–water partition coefficient (Wildman–Crippen LogP) is 1.40. The van der Waals surface area contributed by atoms with Gasteiger partial charge in [0.2, 0.25) is 0 Å². The van der Waals surface area contributed by atoms with Crippen molar-refractivity contribution in [1.29, 1.82) is 0 Å². The van der Waals surface area contributed by atoms with Crippen LogP contribution in [0.25, 0.3) is 0 Å². The van der Waals surface area contributed by atoms with Gasteiger partial charge in [0.25, 0.3) is 0 Å². The van der Waals surface area contributed by atoms with Gasteiger partial charge in [0, 0.05) is 44.5 Å². The third-order valence-corrected chi connectivity index (χ3v) is 5.03. The summed E-state index contributed by atoms with van der Waals surface area (Å²) in [5.74, 6) is 1.26. The molecule has 0 N–H and O–H groups in total. The quantitative estimate of drug-likeness (QED) is 0.749. The molecule has 0 aromatic carbocycles. The second-order valence-corrected chi connectivity index (χ2v) is 7.35. The van der Waals surface area contributed by atoms with Crippen LogP contribution < -0.4 is 5.69 Å². The fraction of sp³-hybridized carbons (Fsp3) is 0.632. The Bertz CT molecular complexity index is 751. The van der Waals surface area contributed by atoms with Gasteiger partial charge in [-0.1, -0.05) is 6.07 Å². The number of likely N-dealkylation sites (tertiary alicyclic amines) is 1. The number of rotatable bonds is 7. The van der Waals surface area contributed by atoms with Crippen molar-refractivity contribution in [3.8, 4) is 0 Å². The molecule has 142 valence electrons. The van der Waals surface area contributed by atoms with Crippen LogP contribution in [-0.2, 0) is 19.6 Å². The molecule has 0 saturated carbocycles. The van der Waals surface area contributed by atoms with E-state index in [9.17, 15) is 4.79 Å². The average Bonchev–Trinajstić information content (AvgIpc) is 2.97. The van der Waals surface area contributed by atoms with Gasteiger partial charge in [-0.25, -0.2) is 9.48 Å². The summed E-state index contributed by atoms with van der Waals surface area (Å²) in [6.45, 7) is 7.09. The largest absolute Gasteiger partial charge is 0.345 e. The standard InChI is InChI=1S/C19H30N6O/c1-4-24-18(21-25(19(24)26)12-11-22(2)3)17-8-6-10-23(15-17)14-16-7-5-9-20-13-16/h5,7,9,13,17H,4,6,8,10-12,14-15H2,1-3H3/t17-/m1/s1. The maximum atomic E-state index is 12.7. The molecule has 0 bridgehead atoms. The first kappa shape index (κ1) is 18.8. The minimum atomic E-state index is 0.0220. The van der Waals surface area contributed by atoms with Crippen LogP contribution in [-0.4, -0.2) is 62.9 Å². The zero-order valence-electron chi connectivity index (χ0n) is 16.1. The van der Waals surface area contributed by atoms with Gasteiger partial charge in [0.05, 0.1) is 6.54 Å². The highest BCUT2D eigenvalue weighted by atomic mass is 16.2. The molecule has 0 aliphatic carbocycles. The molecule has 1 aliphatic rings. The lowest BCUT2D eigenvalue weighted by atomic mass is 9.96. The SMILES string of the molecule is CCn1c([C@@H]2CCCN(Cc3cccnc3)C2)nn(CCN(C)C)c1=O. The molecule has 7 heteroatoms. The van der Waals surface area contributed by atoms with E-state index < -0.39 is 0 Å². The van der Waals surface area contributed by atoms with Crippen molar-refractivity contribution in [3.63, 3.8) is 0 Å². The number of aromatic nitrogens is 4. The van der Waals surface area contributed by atoms with Crippen molar-refractivity contribution in [1.82, 2.24) is 29.1 Å². The summed E-state index contributed by atoms with van der Waals surface area (Å²) in [6, 6.07) is 4.10. The normalized spacial score (nSPS) is 18.5. The van der Waals surface area contributed by atoms with Crippen LogP contribution in [0.4, 0.5) is 0 Å². The number of pyridine rings is 1. The van der Waals surface area contributed by atoms with E-state index in [1.54, 1.807) is 4.68 Å². The summed E-state index contributed by atoms with van der Waals surface area (Å²) in [7, 11) is 4.03. The second kappa shape index (κ2) is 8.60. The molecule has 3 rings (SSSR count). The summed E-state index contributed by atoms with van der Waals surface area (Å²) in [5, 5.41) is 4.72. The van der Waals surface area contributed by atoms with Crippen LogP contribution in [0.3, 0.4) is 0 Å². The van der Waals surface area contributed by atoms with Gasteiger partial charge in [0.15, 0.2) is 0 Å². The van der Waals surface area contributed by atoms with E-state index in [2.05, 4.69) is 20.9 Å². The van der Waals surface area contributed by atoms with Gasteiger partial charge >= 0.3 is 5.69 Å². The Morgan fingerprint density at radius 3 is 2.88 bits per heavy atom. The molecule has 3 heterocycles. The number of hydrogen-bond acceptors (Lipinski definition) is 5. The molecule has 2 aromatic heterocycles. The Kier molecular flexibility index (Phi) is 6.21. The topological polar surface area (TPSA) is 59.2 Å². The molecule has 1 fully saturated rings. The van der Waals surface area contributed by atoms with Crippen LogP contribution in [0.1, 0.15) is 37.1 Å². The summed E-state index contributed by atoms with van der Waals surface area (Å²) < 4.78 is 3.49. The molecule has 0 amide bonds. The molecule has 0 unspecified atom stereocenters. The zero-order chi connectivity index (χ0) is 18.5. The van der Waals surface area contributed by atoms with Crippen LogP contribution in [0.15, 0.2) is 29.3 Å². The van der Waals surface area contributed by atoms with Gasteiger partial charge in [0.1, 0.15) is 5.82 Å². The molecular formula is C19H30N6O. The lowest BCUT2D eigenvalue weighted by Gasteiger charge is -2.32. The highest BCUT2D eigenvalue weighted by Gasteiger charge is 2.27. The molecule has 7 nitrogen and oxygen atoms in total. The molecule has 1 aliphatic heterocycles. The highest BCUT2D eigenvalue weighted by Crippen LogP contribution is 2.26. The van der Waals surface area contributed by atoms with E-state index in [1.165, 1.54) is 5.56 Å². The van der Waals surface area contributed by atoms with Crippen LogP contribution >= 0.6 is 0 Å². The number of hydrogen-bond donors (Lipinski definition) is 0. The summed E-state index contributed by atoms with van der Waals surface area (Å²) in [4.78, 5) is 21.4. The number of nitrogens with zero attached hydrogens (tertiary/aromatic N) is 6. The Morgan fingerprint density at radius 2 is 2.19 bits per heavy atom. The Labute approximate surface area is 155 Å². The van der Waals surface area contributed by atoms with E-state index >= 15 is 0 Å². The van der Waals surface area contributed by atoms with Gasteiger partial charge < -0.3 is 4.90 Å². The maximum Gasteiger partial charge on any atom is 0.345 e. The third kappa shape index (κ3) is 4.40. The maximum absolute atomic E-state index is 12.7. The van der Waals surface area contributed by atoms with Crippen LogP contribution in [0, 0.1) is 0 Å². The summed E-state index contributed by atoms with van der Waals surface area (Å²) in [5.41, 5.74) is 1.26. The van der Waals surface area contributed by atoms with Gasteiger partial charge in [-0.15, -0.1) is 0 Å². The average molecular weight is 358 g/mol. The zero-order valence-corrected chi connectivity index (χ0v) is 16.1. The van der Waals surface area contributed by atoms with Crippen molar-refractivity contribution in [2.75, 3.05) is 33.7 Å². The first-order chi connectivity index (χ1) is 12.6. The molecule has 0 spiro atoms. The Hall–Kier alpha value is -1.99. The van der Waals surface area contributed by atoms with Crippen LogP contribution in [0.5, 0.6) is 0 Å². The molecular weight excluding hydrogens is 328 g/mol. The first-order valence-electron chi connectivity index (χ1n) is 9.52. The molecule has 2 aromatic rings. The van der Waals surface area contributed by atoms with Crippen LogP contribution in [0.2, 0.25) is 0 Å². The lowest BCUT2D eigenvalue weighted by Crippen LogP contribution is -2.35. The fourth-order valence-corrected chi connectivity index (χ4v) is 3.66. The minimum absolute atomic E-state index is 0.0220. The van der Waals surface area contributed by atoms with E-state index in [0.29, 0.717) is 19.0 Å². The highest BCUT2D eigenvalue weighted by molar-refractivity contribution is 5.09. The smallest absolute Gasteiger partial charge is 0.308 e. The van der Waals surface area contributed by atoms with Gasteiger partial charge in [-0.3, -0.25) is 14.5 Å². The van der Waals surface area contributed by atoms with Crippen molar-refractivity contribution in [2.45, 2.75) is 45.3 Å². The Balaban J connectivity index is 1.75. The van der Waals surface area contributed by atoms with Crippen molar-refractivity contribution < 1.29 is 0 Å². The lowest BCUT2D eigenvalue weighted by molar-refractivity contribution is 0.194. The van der Waals surface area contributed by atoms with Crippen molar-refractivity contribution in [3.05, 3.63) is 46.4 Å². The monoisotopic (exact) mass is 358 g/mol. The Morgan fingerprint density at radius 1 is 1.35 bits per heavy atom. The van der Waals surface area contributed by atoms with E-state index in [1.807, 2.05) is 44.0 Å². The first-order valence-corrected chi connectivity index (χ1v) is 9.52. The fourth-order valence-electron chi connectivity index (χ4n) is 3.66. The molecule has 1 saturated heterocycles. The molecule has 0 radical (unpaired) electrons. The van der Waals surface area contributed by atoms with Gasteiger partial charge in [-0.05, 0) is 52.0 Å². The predicted molar refractivity (Wildman–Crippen MR) is 102 cm³/mol. The minimum Gasteiger partial charge on any atom is -0.308 e. The van der Waals surface area contributed by atoms with Crippen molar-refractivity contribution >= 4 is 0 Å². The number of piperidine rings is 1. The number of likely N-dealkylation sites (N-methyl/N-ethyl adjacent to an activating group) is 1. The van der Waals surface area contributed by atoms with E-state index in [-0.39, 0.29) is 5.69 Å².